The molecule has 5 heteroatoms. The summed E-state index contributed by atoms with van der Waals surface area (Å²) in [6, 6.07) is -0.761. The first-order valence-electron chi connectivity index (χ1n) is 27.3. The third-order valence-electron chi connectivity index (χ3n) is 12.6. The third-order valence-corrected chi connectivity index (χ3v) is 12.6. The van der Waals surface area contributed by atoms with Gasteiger partial charge in [-0.2, -0.15) is 0 Å². The molecule has 5 nitrogen and oxygen atoms in total. The Hall–Kier alpha value is -1.43. The van der Waals surface area contributed by atoms with Crippen LogP contribution < -0.4 is 5.32 Å². The molecule has 0 rings (SSSR count). The Morgan fingerprint density at radius 2 is 0.705 bits per heavy atom. The van der Waals surface area contributed by atoms with Gasteiger partial charge in [-0.1, -0.05) is 262 Å². The smallest absolute Gasteiger partial charge is 0.222 e. The van der Waals surface area contributed by atoms with Crippen molar-refractivity contribution in [1.82, 2.24) is 5.32 Å². The fourth-order valence-corrected chi connectivity index (χ4v) is 8.47. The average molecular weight is 858 g/mol. The van der Waals surface area contributed by atoms with Crippen LogP contribution in [-0.4, -0.2) is 46.1 Å². The molecule has 360 valence electrons. The van der Waals surface area contributed by atoms with Crippen LogP contribution in [0.4, 0.5) is 0 Å². The van der Waals surface area contributed by atoms with Crippen LogP contribution in [0.5, 0.6) is 0 Å². The van der Waals surface area contributed by atoms with Crippen LogP contribution in [0.1, 0.15) is 290 Å². The van der Waals surface area contributed by atoms with E-state index in [0.717, 1.165) is 32.1 Å². The number of amides is 1. The third kappa shape index (κ3) is 47.9. The van der Waals surface area contributed by atoms with E-state index in [2.05, 4.69) is 43.5 Å². The van der Waals surface area contributed by atoms with Crippen molar-refractivity contribution in [1.29, 1.82) is 0 Å². The Morgan fingerprint density at radius 3 is 1.05 bits per heavy atom. The van der Waals surface area contributed by atoms with E-state index in [1.807, 2.05) is 6.08 Å². The van der Waals surface area contributed by atoms with Gasteiger partial charge < -0.3 is 20.6 Å². The van der Waals surface area contributed by atoms with Gasteiger partial charge in [0.2, 0.25) is 5.91 Å². The van der Waals surface area contributed by atoms with Gasteiger partial charge in [-0.05, 0) is 57.8 Å². The first kappa shape index (κ1) is 59.6. The Balaban J connectivity index is 3.59. The van der Waals surface area contributed by atoms with E-state index in [-0.39, 0.29) is 18.9 Å². The van der Waals surface area contributed by atoms with E-state index in [4.69, 9.17) is 0 Å². The number of carbonyl (C=O) groups is 1. The van der Waals surface area contributed by atoms with Gasteiger partial charge in [-0.15, -0.1) is 0 Å². The molecule has 0 bridgehead atoms. The molecule has 0 aliphatic rings. The quantitative estimate of drug-likeness (QED) is 0.0362. The van der Waals surface area contributed by atoms with Crippen molar-refractivity contribution < 1.29 is 20.1 Å². The number of carbonyl (C=O) groups excluding carboxylic acids is 1. The maximum absolute atomic E-state index is 12.5. The molecule has 0 radical (unpaired) electrons. The van der Waals surface area contributed by atoms with Crippen LogP contribution in [0.3, 0.4) is 0 Å². The van der Waals surface area contributed by atoms with E-state index < -0.39 is 18.2 Å². The van der Waals surface area contributed by atoms with Crippen LogP contribution in [0.2, 0.25) is 0 Å². The molecule has 0 heterocycles. The molecule has 0 aromatic rings. The topological polar surface area (TPSA) is 89.8 Å². The Bertz CT molecular complexity index is 947. The summed E-state index contributed by atoms with van der Waals surface area (Å²) in [5.41, 5.74) is 0. The number of unbranched alkanes of at least 4 members (excludes halogenated alkanes) is 37. The number of allylic oxidation sites excluding steroid dienone is 5. The number of rotatable bonds is 50. The Labute approximate surface area is 381 Å². The second kappa shape index (κ2) is 51.2. The molecule has 0 aliphatic heterocycles. The number of nitrogens with one attached hydrogen (secondary N) is 1. The van der Waals surface area contributed by atoms with Crippen LogP contribution >= 0.6 is 0 Å². The van der Waals surface area contributed by atoms with Crippen molar-refractivity contribution in [3.63, 3.8) is 0 Å². The van der Waals surface area contributed by atoms with E-state index in [1.54, 1.807) is 6.08 Å². The molecule has 0 spiro atoms. The van der Waals surface area contributed by atoms with Gasteiger partial charge >= 0.3 is 0 Å². The molecule has 0 saturated carbocycles. The summed E-state index contributed by atoms with van der Waals surface area (Å²) in [5, 5.41) is 33.4. The largest absolute Gasteiger partial charge is 0.394 e. The average Bonchev–Trinajstić information content (AvgIpc) is 3.25. The lowest BCUT2D eigenvalue weighted by Crippen LogP contribution is -2.45. The monoisotopic (exact) mass is 858 g/mol. The fraction of sp³-hybridized carbons (Fsp3) is 0.875. The van der Waals surface area contributed by atoms with Crippen LogP contribution in [0.15, 0.2) is 36.5 Å². The van der Waals surface area contributed by atoms with Crippen molar-refractivity contribution in [3.8, 4) is 0 Å². The first-order valence-corrected chi connectivity index (χ1v) is 27.3. The summed E-state index contributed by atoms with van der Waals surface area (Å²) >= 11 is 0. The summed E-state index contributed by atoms with van der Waals surface area (Å²) in [4.78, 5) is 12.5. The molecule has 0 fully saturated rings. The van der Waals surface area contributed by atoms with E-state index in [1.165, 1.54) is 231 Å². The van der Waals surface area contributed by atoms with Gasteiger partial charge in [0, 0.05) is 0 Å². The predicted octanol–water partition coefficient (Wildman–Crippen LogP) is 16.7. The SMILES string of the molecule is CCCCCCCCCCCCCC/C=C\CCCCCCCCCCCCCC(O)CC(=O)NC(CO)C(O)/C=C/CC/C=C/CCCCCCCCCCCCCCC. The lowest BCUT2D eigenvalue weighted by Gasteiger charge is -2.21. The van der Waals surface area contributed by atoms with Crippen molar-refractivity contribution in [2.45, 2.75) is 308 Å². The highest BCUT2D eigenvalue weighted by molar-refractivity contribution is 5.76. The predicted molar refractivity (Wildman–Crippen MR) is 268 cm³/mol. The highest BCUT2D eigenvalue weighted by Gasteiger charge is 2.20. The minimum atomic E-state index is -0.952. The summed E-state index contributed by atoms with van der Waals surface area (Å²) in [7, 11) is 0. The summed E-state index contributed by atoms with van der Waals surface area (Å²) < 4.78 is 0. The second-order valence-electron chi connectivity index (χ2n) is 18.8. The first-order chi connectivity index (χ1) is 30.0. The second-order valence-corrected chi connectivity index (χ2v) is 18.8. The highest BCUT2D eigenvalue weighted by atomic mass is 16.3. The zero-order valence-corrected chi connectivity index (χ0v) is 41.1. The highest BCUT2D eigenvalue weighted by Crippen LogP contribution is 2.17. The van der Waals surface area contributed by atoms with E-state index in [9.17, 15) is 20.1 Å². The van der Waals surface area contributed by atoms with Gasteiger partial charge in [0.25, 0.3) is 0 Å². The molecular formula is C56H107NO4. The molecule has 4 N–H and O–H groups in total. The van der Waals surface area contributed by atoms with Crippen molar-refractivity contribution in [2.75, 3.05) is 6.61 Å². The number of aliphatic hydroxyl groups excluding tert-OH is 3. The van der Waals surface area contributed by atoms with Crippen LogP contribution in [0.25, 0.3) is 0 Å². The van der Waals surface area contributed by atoms with Gasteiger partial charge in [0.15, 0.2) is 0 Å². The lowest BCUT2D eigenvalue weighted by atomic mass is 10.0. The van der Waals surface area contributed by atoms with Gasteiger partial charge in [0.1, 0.15) is 0 Å². The van der Waals surface area contributed by atoms with Crippen LogP contribution in [0, 0.1) is 0 Å². The van der Waals surface area contributed by atoms with E-state index in [0.29, 0.717) is 6.42 Å². The molecule has 3 atom stereocenters. The summed E-state index contributed by atoms with van der Waals surface area (Å²) in [5.74, 6) is -0.323. The van der Waals surface area contributed by atoms with Gasteiger partial charge in [0.05, 0.1) is 31.3 Å². The number of aliphatic hydroxyl groups is 3. The lowest BCUT2D eigenvalue weighted by molar-refractivity contribution is -0.124. The van der Waals surface area contributed by atoms with Crippen molar-refractivity contribution >= 4 is 5.91 Å². The molecule has 0 aromatic carbocycles. The van der Waals surface area contributed by atoms with Crippen LogP contribution in [-0.2, 0) is 4.79 Å². The number of hydrogen-bond donors (Lipinski definition) is 4. The maximum atomic E-state index is 12.5. The zero-order valence-electron chi connectivity index (χ0n) is 41.1. The molecule has 3 unspecified atom stereocenters. The minimum absolute atomic E-state index is 0.00669. The van der Waals surface area contributed by atoms with Gasteiger partial charge in [-0.25, -0.2) is 0 Å². The Kier molecular flexibility index (Phi) is 50.0. The van der Waals surface area contributed by atoms with Crippen molar-refractivity contribution in [2.24, 2.45) is 0 Å². The summed E-state index contributed by atoms with van der Waals surface area (Å²) in [6.07, 6.45) is 66.1. The summed E-state index contributed by atoms with van der Waals surface area (Å²) in [6.45, 7) is 4.23. The minimum Gasteiger partial charge on any atom is -0.394 e. The Morgan fingerprint density at radius 1 is 0.410 bits per heavy atom. The fourth-order valence-electron chi connectivity index (χ4n) is 8.47. The molecule has 0 aromatic heterocycles. The molecule has 1 amide bonds. The van der Waals surface area contributed by atoms with Crippen molar-refractivity contribution in [3.05, 3.63) is 36.5 Å². The maximum Gasteiger partial charge on any atom is 0.222 e. The van der Waals surface area contributed by atoms with E-state index >= 15 is 0 Å². The standard InChI is InChI=1S/C56H107NO4/c1-3-5-7-9-11-13-15-17-19-21-23-24-25-26-27-28-29-30-32-33-35-37-39-41-43-45-47-49-53(59)51-56(61)57-54(52-58)55(60)50-48-46-44-42-40-38-36-34-31-22-20-18-16-14-12-10-8-6-4-2/h26-27,40,42,48,50,53-55,58-60H,3-25,28-39,41,43-47,49,51-52H2,1-2H3,(H,57,61)/b27-26-,42-40+,50-48+. The molecule has 0 saturated heterocycles. The normalized spacial score (nSPS) is 13.6. The molecule has 61 heavy (non-hydrogen) atoms. The molecule has 0 aliphatic carbocycles. The number of hydrogen-bond acceptors (Lipinski definition) is 4. The van der Waals surface area contributed by atoms with Gasteiger partial charge in [-0.3, -0.25) is 4.79 Å². The molecular weight excluding hydrogens is 751 g/mol. The zero-order chi connectivity index (χ0) is 44.4.